The van der Waals surface area contributed by atoms with Crippen molar-refractivity contribution in [3.8, 4) is 34.5 Å². The quantitative estimate of drug-likeness (QED) is 0.134. The lowest BCUT2D eigenvalue weighted by molar-refractivity contribution is -0.228. The van der Waals surface area contributed by atoms with E-state index in [4.69, 9.17) is 28.4 Å². The van der Waals surface area contributed by atoms with E-state index >= 15 is 0 Å². The lowest BCUT2D eigenvalue weighted by Gasteiger charge is -2.54. The highest BCUT2D eigenvalue weighted by Crippen LogP contribution is 2.59. The van der Waals surface area contributed by atoms with Crippen molar-refractivity contribution < 1.29 is 41.6 Å². The summed E-state index contributed by atoms with van der Waals surface area (Å²) in [6, 6.07) is 93.4. The first-order chi connectivity index (χ1) is 54.8. The lowest BCUT2D eigenvalue weighted by atomic mass is 9.68. The summed E-state index contributed by atoms with van der Waals surface area (Å²) >= 11 is 0. The van der Waals surface area contributed by atoms with Crippen LogP contribution >= 0.6 is 23.8 Å². The van der Waals surface area contributed by atoms with Gasteiger partial charge in [-0.2, -0.15) is 0 Å². The standard InChI is InChI=1S/C48H46O2P2.C32H28FO2P.C20H18F2O2.4CH4/c1-32-24-33(2)27-42(26-32)52(43-28-34(3)25-35(4)29-43)45-23-12-15-37-31-39-17-13-16-38-30-36-14-11-22-44(46(36)49-48(38,39)50-47(37)45)51(40-18-7-5-8-19-40)41-20-9-6-10-21-41;33-28-18-7-10-22-20-24-12-9-13-25-21-23-11-8-19-29(31(23)35-32(24,25)34-30(22)28)36(26-14-3-1-4-15-26)27-16-5-2-6-17-27;21-16-8-1-4-12-10-14-6-3-7-15-11-13-5-2-9-17(22)19(13)24-20(14,15)23-18(12)16;;;;/h5-12,14-15,18-29,38-39H,13,16-17,30-31H2,1-4H3;1-8,10-11,14-19,24-25H,9,12-13,20-21H2;1-2,4-5,8-9,14-15H,3,6-7,10-11H2;4*1H4/t38-,39-,48-;24-,25-,32-;14-,15-,20?;;;;/m111..../s1. The topological polar surface area (TPSA) is 55.4 Å². The monoisotopic (exact) mass is 1600 g/mol. The van der Waals surface area contributed by atoms with Crippen molar-refractivity contribution in [3.05, 3.63) is 340 Å². The summed E-state index contributed by atoms with van der Waals surface area (Å²) in [6.07, 6.45) is 14.8. The number of fused-ring (bicyclic) bond motifs is 6. The van der Waals surface area contributed by atoms with Gasteiger partial charge in [0.2, 0.25) is 0 Å². The summed E-state index contributed by atoms with van der Waals surface area (Å²) < 4.78 is 85.1. The SMILES string of the molecule is C.C.C.C.Cc1cc(C)cc(P(c2cc(C)cc(C)c2)c2cccc3c2O[C@]24Oc5c(cccc5P(c5ccccc5)c5ccccc5)C[C@H]2CCC[C@@H]4C3)c1.Fc1cccc2c1OC13Oc4c(F)cccc4C[C@H]1CCC[C@@H]3C2.Fc1cccc2c1O[C@]13Oc4c(cccc4P(c4ccccc4)c4ccccc4)C[C@H]1CCC[C@@H]3C2. The predicted molar refractivity (Wildman–Crippen MR) is 477 cm³/mol. The molecule has 0 radical (unpaired) electrons. The number of aryl methyl sites for hydroxylation is 4. The molecule has 6 aliphatic heterocycles. The van der Waals surface area contributed by atoms with Gasteiger partial charge >= 0.3 is 0 Å². The third-order valence-electron chi connectivity index (χ3n) is 25.2. The van der Waals surface area contributed by atoms with Gasteiger partial charge in [0.25, 0.3) is 17.4 Å². The Balaban J connectivity index is 0.000000144. The molecule has 116 heavy (non-hydrogen) atoms. The van der Waals surface area contributed by atoms with Gasteiger partial charge in [0.05, 0.1) is 0 Å². The zero-order valence-corrected chi connectivity index (χ0v) is 66.6. The van der Waals surface area contributed by atoms with Crippen molar-refractivity contribution in [2.24, 2.45) is 35.5 Å². The molecule has 6 nitrogen and oxygen atoms in total. The van der Waals surface area contributed by atoms with Crippen LogP contribution in [0.2, 0.25) is 0 Å². The van der Waals surface area contributed by atoms with Crippen molar-refractivity contribution in [1.82, 2.24) is 0 Å². The maximum Gasteiger partial charge on any atom is 0.257 e. The number of halogens is 3. The van der Waals surface area contributed by atoms with Crippen LogP contribution in [-0.2, 0) is 38.5 Å². The zero-order valence-electron chi connectivity index (χ0n) is 63.9. The summed E-state index contributed by atoms with van der Waals surface area (Å²) in [6.45, 7) is 8.90. The van der Waals surface area contributed by atoms with Crippen LogP contribution in [0.1, 0.15) is 143 Å². The molecule has 12 aromatic rings. The summed E-state index contributed by atoms with van der Waals surface area (Å²) in [5.41, 5.74) is 11.8. The van der Waals surface area contributed by atoms with E-state index in [-0.39, 0.29) is 82.3 Å². The van der Waals surface area contributed by atoms with Crippen LogP contribution in [0.5, 0.6) is 34.5 Å². The average Bonchev–Trinajstić information content (AvgIpc) is 0.723. The van der Waals surface area contributed by atoms with E-state index in [9.17, 15) is 13.2 Å². The maximum atomic E-state index is 15.0. The van der Waals surface area contributed by atoms with Gasteiger partial charge in [-0.05, 0) is 212 Å². The molecule has 8 atom stereocenters. The highest BCUT2D eigenvalue weighted by atomic mass is 31.1. The number of benzene rings is 12. The van der Waals surface area contributed by atoms with Gasteiger partial charge in [-0.3, -0.25) is 0 Å². The molecule has 3 saturated carbocycles. The fraction of sp³-hybridized carbons (Fsp3) is 0.308. The molecule has 596 valence electrons. The van der Waals surface area contributed by atoms with Crippen LogP contribution in [0.15, 0.2) is 267 Å². The molecule has 3 fully saturated rings. The Morgan fingerprint density at radius 3 is 0.690 bits per heavy atom. The first-order valence-corrected chi connectivity index (χ1v) is 44.4. The minimum Gasteiger partial charge on any atom is -0.451 e. The molecule has 6 heterocycles. The molecule has 3 aliphatic carbocycles. The Morgan fingerprint density at radius 1 is 0.241 bits per heavy atom. The fourth-order valence-electron chi connectivity index (χ4n) is 20.4. The first-order valence-electron chi connectivity index (χ1n) is 40.4. The Bertz CT molecular complexity index is 5270. The fourth-order valence-corrected chi connectivity index (χ4v) is 28.1. The Kier molecular flexibility index (Phi) is 23.8. The summed E-state index contributed by atoms with van der Waals surface area (Å²) in [7, 11) is -2.54. The minimum absolute atomic E-state index is 0. The van der Waals surface area contributed by atoms with Gasteiger partial charge in [0, 0.05) is 51.4 Å². The average molecular weight is 1600 g/mol. The van der Waals surface area contributed by atoms with Crippen LogP contribution in [0.4, 0.5) is 13.2 Å². The van der Waals surface area contributed by atoms with E-state index in [0.717, 1.165) is 111 Å². The second-order valence-electron chi connectivity index (χ2n) is 32.5. The summed E-state index contributed by atoms with van der Waals surface area (Å²) in [4.78, 5) is 0. The van der Waals surface area contributed by atoms with Crippen molar-refractivity contribution in [2.75, 3.05) is 0 Å². The Morgan fingerprint density at radius 2 is 0.448 bits per heavy atom. The van der Waals surface area contributed by atoms with Crippen LogP contribution in [0.3, 0.4) is 0 Å². The predicted octanol–water partition coefficient (Wildman–Crippen LogP) is 22.6. The molecule has 0 bridgehead atoms. The molecule has 0 unspecified atom stereocenters. The molecule has 0 aromatic heterocycles. The molecule has 0 N–H and O–H groups in total. The molecule has 12 aromatic carbocycles. The van der Waals surface area contributed by atoms with E-state index < -0.39 is 41.1 Å². The minimum atomic E-state index is -0.942. The van der Waals surface area contributed by atoms with Gasteiger partial charge in [-0.1, -0.05) is 320 Å². The maximum absolute atomic E-state index is 15.0. The van der Waals surface area contributed by atoms with Gasteiger partial charge in [0.1, 0.15) is 17.2 Å². The number of para-hydroxylation sites is 6. The number of rotatable bonds is 9. The highest BCUT2D eigenvalue weighted by Gasteiger charge is 2.61. The second-order valence-corrected chi connectivity index (χ2v) is 39.1. The summed E-state index contributed by atoms with van der Waals surface area (Å²) in [5.74, 6) is 1.78. The normalized spacial score (nSPS) is 22.7. The highest BCUT2D eigenvalue weighted by molar-refractivity contribution is 7.80. The molecule has 9 aliphatic rings. The van der Waals surface area contributed by atoms with E-state index in [1.165, 1.54) is 111 Å². The van der Waals surface area contributed by atoms with Crippen molar-refractivity contribution in [1.29, 1.82) is 0 Å². The first kappa shape index (κ1) is 81.7. The zero-order chi connectivity index (χ0) is 75.8. The third kappa shape index (κ3) is 14.9. The van der Waals surface area contributed by atoms with Crippen LogP contribution in [0, 0.1) is 80.7 Å². The van der Waals surface area contributed by atoms with Crippen LogP contribution in [-0.4, -0.2) is 17.4 Å². The lowest BCUT2D eigenvalue weighted by Crippen LogP contribution is -2.62. The largest absolute Gasteiger partial charge is 0.451 e. The van der Waals surface area contributed by atoms with E-state index in [0.29, 0.717) is 30.4 Å². The molecule has 21 rings (SSSR count). The number of ether oxygens (including phenoxy) is 6. The van der Waals surface area contributed by atoms with Gasteiger partial charge < -0.3 is 28.4 Å². The van der Waals surface area contributed by atoms with E-state index in [2.05, 4.69) is 240 Å². The third-order valence-corrected chi connectivity index (χ3v) is 32.5. The molecule has 0 amide bonds. The van der Waals surface area contributed by atoms with E-state index in [1.807, 2.05) is 18.2 Å². The molecule has 0 saturated heterocycles. The van der Waals surface area contributed by atoms with E-state index in [1.54, 1.807) is 18.2 Å². The Labute approximate surface area is 689 Å². The van der Waals surface area contributed by atoms with Crippen LogP contribution in [0.25, 0.3) is 0 Å². The van der Waals surface area contributed by atoms with Crippen molar-refractivity contribution >= 4 is 71.5 Å². The molecular formula is C104H108F3O6P3. The number of hydrogen-bond acceptors (Lipinski definition) is 6. The van der Waals surface area contributed by atoms with Crippen molar-refractivity contribution in [2.45, 2.75) is 171 Å². The molecular weight excluding hydrogens is 1500 g/mol. The Hall–Kier alpha value is -9.48. The van der Waals surface area contributed by atoms with Gasteiger partial charge in [0.15, 0.2) is 34.7 Å². The molecule has 3 spiro atoms. The smallest absolute Gasteiger partial charge is 0.257 e. The van der Waals surface area contributed by atoms with Gasteiger partial charge in [-0.15, -0.1) is 0 Å². The van der Waals surface area contributed by atoms with Gasteiger partial charge in [-0.25, -0.2) is 13.2 Å². The van der Waals surface area contributed by atoms with Crippen molar-refractivity contribution in [3.63, 3.8) is 0 Å². The molecule has 12 heteroatoms. The second kappa shape index (κ2) is 33.9. The number of hydrogen-bond donors (Lipinski definition) is 0. The van der Waals surface area contributed by atoms with Crippen LogP contribution < -0.4 is 76.2 Å². The summed E-state index contributed by atoms with van der Waals surface area (Å²) in [5, 5.41) is 11.8.